The first-order valence-electron chi connectivity index (χ1n) is 4.27. The Morgan fingerprint density at radius 2 is 1.85 bits per heavy atom. The zero-order valence-corrected chi connectivity index (χ0v) is 8.41. The van der Waals surface area contributed by atoms with E-state index in [9.17, 15) is 15.3 Å². The molecule has 4 nitrogen and oxygen atoms in total. The van der Waals surface area contributed by atoms with E-state index in [1.807, 2.05) is 0 Å². The Kier molecular flexibility index (Phi) is 1.95. The van der Waals surface area contributed by atoms with Gasteiger partial charge in [0.25, 0.3) is 0 Å². The largest absolute Gasteiger partial charge is 0.387 e. The van der Waals surface area contributed by atoms with Gasteiger partial charge >= 0.3 is 0 Å². The minimum absolute atomic E-state index is 0.596. The highest BCUT2D eigenvalue weighted by atomic mass is 32.2. The summed E-state index contributed by atoms with van der Waals surface area (Å²) in [6.45, 7) is 3.49. The first-order valence-corrected chi connectivity index (χ1v) is 5.26. The molecule has 0 spiro atoms. The van der Waals surface area contributed by atoms with Gasteiger partial charge in [-0.3, -0.25) is 0 Å². The molecular weight excluding hydrogens is 192 g/mol. The summed E-state index contributed by atoms with van der Waals surface area (Å²) in [5.41, 5.74) is -0.724. The summed E-state index contributed by atoms with van der Waals surface area (Å²) in [5, 5.41) is 28.9. The molecule has 2 heterocycles. The van der Waals surface area contributed by atoms with Gasteiger partial charge in [0.15, 0.2) is 0 Å². The molecule has 2 fully saturated rings. The number of hydrogen-bond donors (Lipinski definition) is 3. The Balaban J connectivity index is 2.34. The number of rotatable bonds is 0. The number of thioether (sulfide) groups is 1. The molecule has 0 aromatic rings. The van der Waals surface area contributed by atoms with E-state index < -0.39 is 28.8 Å². The van der Waals surface area contributed by atoms with Crippen LogP contribution < -0.4 is 0 Å². The van der Waals surface area contributed by atoms with Crippen molar-refractivity contribution in [1.82, 2.24) is 0 Å². The van der Waals surface area contributed by atoms with Crippen LogP contribution in [0.25, 0.3) is 0 Å². The number of hydrogen-bond acceptors (Lipinski definition) is 5. The first-order chi connectivity index (χ1) is 5.89. The molecule has 3 N–H and O–H groups in total. The molecule has 2 bridgehead atoms. The van der Waals surface area contributed by atoms with Crippen LogP contribution in [0.1, 0.15) is 13.8 Å². The van der Waals surface area contributed by atoms with Crippen molar-refractivity contribution in [3.05, 3.63) is 0 Å². The van der Waals surface area contributed by atoms with Crippen LogP contribution in [-0.2, 0) is 4.74 Å². The summed E-state index contributed by atoms with van der Waals surface area (Å²) in [5.74, 6) is 0.596. The van der Waals surface area contributed by atoms with Crippen LogP contribution in [0.2, 0.25) is 0 Å². The number of aliphatic hydroxyl groups excluding tert-OH is 3. The molecule has 13 heavy (non-hydrogen) atoms. The zero-order valence-electron chi connectivity index (χ0n) is 7.60. The molecule has 0 aromatic heterocycles. The third kappa shape index (κ3) is 1.15. The third-order valence-corrected chi connectivity index (χ3v) is 4.51. The van der Waals surface area contributed by atoms with E-state index in [4.69, 9.17) is 4.74 Å². The lowest BCUT2D eigenvalue weighted by Gasteiger charge is -2.44. The van der Waals surface area contributed by atoms with Gasteiger partial charge in [0, 0.05) is 5.75 Å². The Bertz CT molecular complexity index is 214. The summed E-state index contributed by atoms with van der Waals surface area (Å²) in [7, 11) is 0. The molecule has 0 amide bonds. The van der Waals surface area contributed by atoms with Crippen LogP contribution in [0, 0.1) is 0 Å². The molecule has 0 radical (unpaired) electrons. The van der Waals surface area contributed by atoms with Crippen LogP contribution in [0.15, 0.2) is 0 Å². The Morgan fingerprint density at radius 1 is 1.23 bits per heavy atom. The molecule has 2 aliphatic heterocycles. The van der Waals surface area contributed by atoms with Crippen molar-refractivity contribution in [3.63, 3.8) is 0 Å². The second-order valence-electron chi connectivity index (χ2n) is 4.10. The van der Waals surface area contributed by atoms with Crippen molar-refractivity contribution in [2.24, 2.45) is 0 Å². The minimum Gasteiger partial charge on any atom is -0.387 e. The lowest BCUT2D eigenvalue weighted by Crippen LogP contribution is -2.63. The van der Waals surface area contributed by atoms with Crippen LogP contribution in [0.3, 0.4) is 0 Å². The average Bonchev–Trinajstić information content (AvgIpc) is 2.38. The molecule has 0 saturated carbocycles. The van der Waals surface area contributed by atoms with Gasteiger partial charge in [0.2, 0.25) is 0 Å². The maximum absolute atomic E-state index is 9.66. The zero-order chi connectivity index (χ0) is 9.85. The van der Waals surface area contributed by atoms with E-state index in [0.29, 0.717) is 5.75 Å². The van der Waals surface area contributed by atoms with Crippen molar-refractivity contribution >= 4 is 11.8 Å². The Hall–Kier alpha value is 0.190. The molecule has 2 rings (SSSR count). The highest BCUT2D eigenvalue weighted by Gasteiger charge is 2.61. The van der Waals surface area contributed by atoms with Crippen LogP contribution in [0.4, 0.5) is 0 Å². The van der Waals surface area contributed by atoms with Gasteiger partial charge in [-0.2, -0.15) is 0 Å². The standard InChI is InChI=1S/C8H14O4S/c1-7-3-13-8(2,12-7)6(11)4(9)5(7)10/h4-6,9-11H,3H2,1-2H3. The lowest BCUT2D eigenvalue weighted by atomic mass is 9.88. The lowest BCUT2D eigenvalue weighted by molar-refractivity contribution is -0.252. The fourth-order valence-corrected chi connectivity index (χ4v) is 3.31. The predicted octanol–water partition coefficient (Wildman–Crippen LogP) is -0.679. The van der Waals surface area contributed by atoms with E-state index >= 15 is 0 Å². The molecular formula is C8H14O4S. The molecule has 2 saturated heterocycles. The second-order valence-corrected chi connectivity index (χ2v) is 5.49. The second kappa shape index (κ2) is 2.61. The SMILES string of the molecule is CC12CSC(C)(O1)C(O)C(O)C2O. The Morgan fingerprint density at radius 3 is 2.46 bits per heavy atom. The van der Waals surface area contributed by atoms with Crippen molar-refractivity contribution in [2.45, 2.75) is 42.7 Å². The molecule has 0 aliphatic carbocycles. The summed E-state index contributed by atoms with van der Waals surface area (Å²) in [4.78, 5) is -0.770. The molecule has 5 atom stereocenters. The van der Waals surface area contributed by atoms with Crippen LogP contribution >= 0.6 is 11.8 Å². The monoisotopic (exact) mass is 206 g/mol. The fraction of sp³-hybridized carbons (Fsp3) is 1.00. The van der Waals surface area contributed by atoms with Crippen LogP contribution in [-0.4, -0.2) is 49.9 Å². The van der Waals surface area contributed by atoms with Crippen molar-refractivity contribution < 1.29 is 20.1 Å². The van der Waals surface area contributed by atoms with E-state index in [2.05, 4.69) is 0 Å². The van der Waals surface area contributed by atoms with Gasteiger partial charge in [-0.1, -0.05) is 0 Å². The third-order valence-electron chi connectivity index (χ3n) is 2.89. The molecule has 2 aliphatic rings. The number of fused-ring (bicyclic) bond motifs is 2. The van der Waals surface area contributed by atoms with E-state index in [1.165, 1.54) is 11.8 Å². The fourth-order valence-electron chi connectivity index (χ4n) is 1.94. The Labute approximate surface area is 80.9 Å². The number of ether oxygens (including phenoxy) is 1. The quantitative estimate of drug-likeness (QED) is 0.490. The van der Waals surface area contributed by atoms with E-state index in [1.54, 1.807) is 13.8 Å². The smallest absolute Gasteiger partial charge is 0.140 e. The van der Waals surface area contributed by atoms with Gasteiger partial charge in [-0.15, -0.1) is 11.8 Å². The molecule has 5 unspecified atom stereocenters. The van der Waals surface area contributed by atoms with Gasteiger partial charge in [0.1, 0.15) is 28.8 Å². The summed E-state index contributed by atoms with van der Waals surface area (Å²) < 4.78 is 5.57. The highest BCUT2D eigenvalue weighted by molar-refractivity contribution is 8.00. The maximum Gasteiger partial charge on any atom is 0.140 e. The van der Waals surface area contributed by atoms with Crippen molar-refractivity contribution in [3.8, 4) is 0 Å². The first kappa shape index (κ1) is 9.73. The van der Waals surface area contributed by atoms with E-state index in [0.717, 1.165) is 0 Å². The minimum atomic E-state index is -1.11. The highest BCUT2D eigenvalue weighted by Crippen LogP contribution is 2.50. The maximum atomic E-state index is 9.66. The average molecular weight is 206 g/mol. The number of aliphatic hydroxyl groups is 3. The molecule has 0 aromatic carbocycles. The summed E-state index contributed by atoms with van der Waals surface area (Å²) in [6.07, 6.45) is -3.15. The molecule has 76 valence electrons. The van der Waals surface area contributed by atoms with Gasteiger partial charge in [-0.25, -0.2) is 0 Å². The predicted molar refractivity (Wildman–Crippen MR) is 48.4 cm³/mol. The van der Waals surface area contributed by atoms with Crippen molar-refractivity contribution in [2.75, 3.05) is 5.75 Å². The molecule has 5 heteroatoms. The van der Waals surface area contributed by atoms with Crippen molar-refractivity contribution in [1.29, 1.82) is 0 Å². The van der Waals surface area contributed by atoms with Gasteiger partial charge in [0.05, 0.1) is 0 Å². The summed E-state index contributed by atoms with van der Waals surface area (Å²) in [6, 6.07) is 0. The topological polar surface area (TPSA) is 69.9 Å². The normalized spacial score (nSPS) is 61.2. The van der Waals surface area contributed by atoms with E-state index in [-0.39, 0.29) is 0 Å². The summed E-state index contributed by atoms with van der Waals surface area (Å²) >= 11 is 1.44. The van der Waals surface area contributed by atoms with Crippen LogP contribution in [0.5, 0.6) is 0 Å². The van der Waals surface area contributed by atoms with Gasteiger partial charge in [-0.05, 0) is 13.8 Å². The van der Waals surface area contributed by atoms with Gasteiger partial charge < -0.3 is 20.1 Å².